The van der Waals surface area contributed by atoms with Crippen molar-refractivity contribution in [1.29, 1.82) is 0 Å². The average molecular weight is 326 g/mol. The molecule has 18 heavy (non-hydrogen) atoms. The molecule has 6 heteroatoms. The standard InChI is InChI=1S/C12H9BrFN3S/c1-5-2-10(15)18-11(5)12-16-8-3-6(13)7(14)4-9(8)17-12/h2-4H,15H2,1H3,(H,16,17). The van der Waals surface area contributed by atoms with Crippen LogP contribution in [0.25, 0.3) is 21.7 Å². The summed E-state index contributed by atoms with van der Waals surface area (Å²) >= 11 is 4.62. The summed E-state index contributed by atoms with van der Waals surface area (Å²) in [6.45, 7) is 1.98. The van der Waals surface area contributed by atoms with Crippen molar-refractivity contribution in [3.05, 3.63) is 34.1 Å². The quantitative estimate of drug-likeness (QED) is 0.708. The van der Waals surface area contributed by atoms with E-state index < -0.39 is 0 Å². The molecule has 3 aromatic rings. The monoisotopic (exact) mass is 325 g/mol. The SMILES string of the molecule is Cc1cc(N)sc1-c1nc2cc(Br)c(F)cc2[nH]1. The number of thiophene rings is 1. The van der Waals surface area contributed by atoms with Gasteiger partial charge < -0.3 is 10.7 Å². The molecular formula is C12H9BrFN3S. The summed E-state index contributed by atoms with van der Waals surface area (Å²) in [7, 11) is 0. The number of halogens is 2. The third-order valence-electron chi connectivity index (χ3n) is 2.68. The predicted octanol–water partition coefficient (Wildman–Crippen LogP) is 4.08. The topological polar surface area (TPSA) is 54.7 Å². The zero-order chi connectivity index (χ0) is 12.9. The van der Waals surface area contributed by atoms with Crippen molar-refractivity contribution in [2.45, 2.75) is 6.92 Å². The number of nitrogens with zero attached hydrogens (tertiary/aromatic N) is 1. The number of hydrogen-bond acceptors (Lipinski definition) is 3. The van der Waals surface area contributed by atoms with Crippen molar-refractivity contribution in [1.82, 2.24) is 9.97 Å². The van der Waals surface area contributed by atoms with E-state index in [2.05, 4.69) is 25.9 Å². The van der Waals surface area contributed by atoms with Crippen LogP contribution in [0.4, 0.5) is 9.39 Å². The zero-order valence-corrected chi connectivity index (χ0v) is 11.8. The average Bonchev–Trinajstić information content (AvgIpc) is 2.82. The van der Waals surface area contributed by atoms with Crippen LogP contribution in [0, 0.1) is 12.7 Å². The van der Waals surface area contributed by atoms with Gasteiger partial charge >= 0.3 is 0 Å². The maximum absolute atomic E-state index is 13.4. The number of nitrogen functional groups attached to an aromatic ring is 1. The van der Waals surface area contributed by atoms with E-state index in [1.54, 1.807) is 6.07 Å². The van der Waals surface area contributed by atoms with Crippen LogP contribution in [0.2, 0.25) is 0 Å². The van der Waals surface area contributed by atoms with Gasteiger partial charge in [0, 0.05) is 6.07 Å². The van der Waals surface area contributed by atoms with Gasteiger partial charge in [0.1, 0.15) is 11.6 Å². The van der Waals surface area contributed by atoms with Gasteiger partial charge in [0.2, 0.25) is 0 Å². The van der Waals surface area contributed by atoms with Crippen LogP contribution in [0.3, 0.4) is 0 Å². The summed E-state index contributed by atoms with van der Waals surface area (Å²) in [4.78, 5) is 8.57. The van der Waals surface area contributed by atoms with Crippen LogP contribution in [0.5, 0.6) is 0 Å². The molecule has 2 heterocycles. The first-order valence-electron chi connectivity index (χ1n) is 5.25. The molecule has 0 atom stereocenters. The minimum Gasteiger partial charge on any atom is -0.391 e. The van der Waals surface area contributed by atoms with E-state index >= 15 is 0 Å². The molecule has 0 radical (unpaired) electrons. The van der Waals surface area contributed by atoms with Crippen LogP contribution in [-0.4, -0.2) is 9.97 Å². The van der Waals surface area contributed by atoms with E-state index in [1.807, 2.05) is 13.0 Å². The molecule has 0 unspecified atom stereocenters. The van der Waals surface area contributed by atoms with Crippen LogP contribution in [0.15, 0.2) is 22.7 Å². The van der Waals surface area contributed by atoms with Gasteiger partial charge in [-0.1, -0.05) is 0 Å². The lowest BCUT2D eigenvalue weighted by molar-refractivity contribution is 0.623. The second kappa shape index (κ2) is 4.07. The Morgan fingerprint density at radius 3 is 2.83 bits per heavy atom. The second-order valence-electron chi connectivity index (χ2n) is 4.03. The zero-order valence-electron chi connectivity index (χ0n) is 9.42. The number of aromatic nitrogens is 2. The molecule has 0 aliphatic heterocycles. The number of fused-ring (bicyclic) bond motifs is 1. The van der Waals surface area contributed by atoms with E-state index in [0.29, 0.717) is 9.99 Å². The highest BCUT2D eigenvalue weighted by Gasteiger charge is 2.12. The van der Waals surface area contributed by atoms with Crippen molar-refractivity contribution in [3.63, 3.8) is 0 Å². The van der Waals surface area contributed by atoms with Crippen molar-refractivity contribution >= 4 is 43.3 Å². The first-order valence-corrected chi connectivity index (χ1v) is 6.86. The van der Waals surface area contributed by atoms with Gasteiger partial charge in [0.05, 0.1) is 25.4 Å². The number of nitrogens with two attached hydrogens (primary N) is 1. The predicted molar refractivity (Wildman–Crippen MR) is 76.2 cm³/mol. The fourth-order valence-corrected chi connectivity index (χ4v) is 3.07. The Hall–Kier alpha value is -1.40. The molecule has 0 fully saturated rings. The van der Waals surface area contributed by atoms with Gasteiger partial charge in [-0.25, -0.2) is 9.37 Å². The molecule has 0 saturated heterocycles. The molecule has 1 aromatic carbocycles. The second-order valence-corrected chi connectivity index (χ2v) is 5.97. The highest BCUT2D eigenvalue weighted by atomic mass is 79.9. The number of nitrogens with one attached hydrogen (secondary N) is 1. The smallest absolute Gasteiger partial charge is 0.148 e. The van der Waals surface area contributed by atoms with Crippen molar-refractivity contribution < 1.29 is 4.39 Å². The first-order chi connectivity index (χ1) is 8.54. The van der Waals surface area contributed by atoms with E-state index in [0.717, 1.165) is 26.8 Å². The van der Waals surface area contributed by atoms with Gasteiger partial charge in [-0.05, 0) is 40.5 Å². The third kappa shape index (κ3) is 1.81. The van der Waals surface area contributed by atoms with Crippen LogP contribution in [0.1, 0.15) is 5.56 Å². The Kier molecular flexibility index (Phi) is 2.64. The lowest BCUT2D eigenvalue weighted by Crippen LogP contribution is -1.77. The summed E-state index contributed by atoms with van der Waals surface area (Å²) in [5, 5.41) is 0.746. The number of H-pyrrole nitrogens is 1. The number of aromatic amines is 1. The molecule has 0 aliphatic rings. The Morgan fingerprint density at radius 2 is 2.17 bits per heavy atom. The molecule has 3 rings (SSSR count). The normalized spacial score (nSPS) is 11.3. The largest absolute Gasteiger partial charge is 0.391 e. The number of hydrogen-bond donors (Lipinski definition) is 2. The van der Waals surface area contributed by atoms with E-state index in [4.69, 9.17) is 5.73 Å². The molecule has 0 aliphatic carbocycles. The summed E-state index contributed by atoms with van der Waals surface area (Å²) in [5.41, 5.74) is 8.24. The van der Waals surface area contributed by atoms with Crippen LogP contribution in [-0.2, 0) is 0 Å². The van der Waals surface area contributed by atoms with Crippen molar-refractivity contribution in [3.8, 4) is 10.7 Å². The number of rotatable bonds is 1. The lowest BCUT2D eigenvalue weighted by atomic mass is 10.3. The molecule has 3 nitrogen and oxygen atoms in total. The Morgan fingerprint density at radius 1 is 1.39 bits per heavy atom. The van der Waals surface area contributed by atoms with Crippen LogP contribution < -0.4 is 5.73 Å². The third-order valence-corrected chi connectivity index (χ3v) is 4.36. The number of aryl methyl sites for hydroxylation is 1. The van der Waals surface area contributed by atoms with Gasteiger partial charge in [0.25, 0.3) is 0 Å². The minimum atomic E-state index is -0.305. The molecule has 0 saturated carbocycles. The summed E-state index contributed by atoms with van der Waals surface area (Å²) < 4.78 is 13.8. The Labute approximate surface area is 115 Å². The highest BCUT2D eigenvalue weighted by molar-refractivity contribution is 9.10. The fraction of sp³-hybridized carbons (Fsp3) is 0.0833. The van der Waals surface area contributed by atoms with E-state index in [-0.39, 0.29) is 5.82 Å². The van der Waals surface area contributed by atoms with Crippen LogP contribution >= 0.6 is 27.3 Å². The highest BCUT2D eigenvalue weighted by Crippen LogP contribution is 2.33. The Balaban J connectivity index is 2.22. The van der Waals surface area contributed by atoms with E-state index in [1.165, 1.54) is 17.4 Å². The molecule has 0 amide bonds. The maximum Gasteiger partial charge on any atom is 0.148 e. The first kappa shape index (κ1) is 11.7. The molecular weight excluding hydrogens is 317 g/mol. The van der Waals surface area contributed by atoms with Gasteiger partial charge in [-0.3, -0.25) is 0 Å². The molecule has 2 aromatic heterocycles. The van der Waals surface area contributed by atoms with Gasteiger partial charge in [-0.15, -0.1) is 11.3 Å². The summed E-state index contributed by atoms with van der Waals surface area (Å²) in [6.07, 6.45) is 0. The lowest BCUT2D eigenvalue weighted by Gasteiger charge is -1.92. The maximum atomic E-state index is 13.4. The molecule has 0 bridgehead atoms. The van der Waals surface area contributed by atoms with Crippen molar-refractivity contribution in [2.75, 3.05) is 5.73 Å². The fourth-order valence-electron chi connectivity index (χ4n) is 1.85. The van der Waals surface area contributed by atoms with Gasteiger partial charge in [0.15, 0.2) is 0 Å². The molecule has 0 spiro atoms. The van der Waals surface area contributed by atoms with E-state index in [9.17, 15) is 4.39 Å². The van der Waals surface area contributed by atoms with Crippen molar-refractivity contribution in [2.24, 2.45) is 0 Å². The number of imidazole rings is 1. The summed E-state index contributed by atoms with van der Waals surface area (Å²) in [6, 6.07) is 5.00. The molecule has 3 N–H and O–H groups in total. The number of benzene rings is 1. The van der Waals surface area contributed by atoms with Gasteiger partial charge in [-0.2, -0.15) is 0 Å². The Bertz CT molecular complexity index is 708. The minimum absolute atomic E-state index is 0.305. The molecule has 92 valence electrons. The summed E-state index contributed by atoms with van der Waals surface area (Å²) in [5.74, 6) is 0.418. The number of anilines is 1.